The van der Waals surface area contributed by atoms with Gasteiger partial charge in [0.2, 0.25) is 0 Å². The predicted octanol–water partition coefficient (Wildman–Crippen LogP) is 7.38. The minimum absolute atomic E-state index is 0.0905. The molecule has 0 saturated carbocycles. The molecule has 148 valence electrons. The first-order valence-electron chi connectivity index (χ1n) is 9.68. The topological polar surface area (TPSA) is 29.1 Å². The van der Waals surface area contributed by atoms with Crippen molar-refractivity contribution in [1.82, 2.24) is 0 Å². The van der Waals surface area contributed by atoms with Crippen molar-refractivity contribution in [2.24, 2.45) is 0 Å². The maximum atomic E-state index is 13.1. The summed E-state index contributed by atoms with van der Waals surface area (Å²) in [5, 5.41) is 3.11. The molecule has 1 N–H and O–H groups in total. The Morgan fingerprint density at radius 1 is 0.667 bits per heavy atom. The Bertz CT molecular complexity index is 1110. The first kappa shape index (κ1) is 20.3. The van der Waals surface area contributed by atoms with Gasteiger partial charge in [-0.25, -0.2) is 0 Å². The van der Waals surface area contributed by atoms with E-state index >= 15 is 0 Å². The summed E-state index contributed by atoms with van der Waals surface area (Å²) >= 11 is 3.32. The fourth-order valence-electron chi connectivity index (χ4n) is 2.98. The molecule has 0 atom stereocenters. The maximum Gasteiger partial charge on any atom is 0.256 e. The maximum absolute atomic E-state index is 13.1. The standard InChI is InChI=1S/C26H21NOS2/c28-26(22-15-7-9-17-24(22)29-19-20-11-3-1-4-12-20)27-23-16-8-10-18-25(23)30-21-13-5-2-6-14-21/h1-18H,19H2,(H,27,28). The van der Waals surface area contributed by atoms with Crippen LogP contribution in [-0.2, 0) is 5.75 Å². The van der Waals surface area contributed by atoms with Gasteiger partial charge in [0.1, 0.15) is 0 Å². The number of nitrogens with one attached hydrogen (secondary N) is 1. The van der Waals surface area contributed by atoms with Gasteiger partial charge in [0, 0.05) is 20.4 Å². The zero-order valence-electron chi connectivity index (χ0n) is 16.3. The van der Waals surface area contributed by atoms with E-state index < -0.39 is 0 Å². The molecular formula is C26H21NOS2. The summed E-state index contributed by atoms with van der Waals surface area (Å²) < 4.78 is 0. The first-order chi connectivity index (χ1) is 14.8. The van der Waals surface area contributed by atoms with Crippen molar-refractivity contribution in [3.63, 3.8) is 0 Å². The first-order valence-corrected chi connectivity index (χ1v) is 11.5. The third-order valence-electron chi connectivity index (χ3n) is 4.48. The van der Waals surface area contributed by atoms with Gasteiger partial charge in [-0.3, -0.25) is 4.79 Å². The number of hydrogen-bond acceptors (Lipinski definition) is 3. The number of carbonyl (C=O) groups excluding carboxylic acids is 1. The smallest absolute Gasteiger partial charge is 0.256 e. The summed E-state index contributed by atoms with van der Waals surface area (Å²) in [6, 6.07) is 36.2. The molecule has 0 unspecified atom stereocenters. The number of rotatable bonds is 7. The lowest BCUT2D eigenvalue weighted by Gasteiger charge is -2.13. The molecule has 30 heavy (non-hydrogen) atoms. The second-order valence-electron chi connectivity index (χ2n) is 6.64. The van der Waals surface area contributed by atoms with Gasteiger partial charge >= 0.3 is 0 Å². The highest BCUT2D eigenvalue weighted by Gasteiger charge is 2.14. The Morgan fingerprint density at radius 3 is 2.03 bits per heavy atom. The fraction of sp³-hybridized carbons (Fsp3) is 0.0385. The highest BCUT2D eigenvalue weighted by atomic mass is 32.2. The van der Waals surface area contributed by atoms with Crippen molar-refractivity contribution in [2.75, 3.05) is 5.32 Å². The van der Waals surface area contributed by atoms with Crippen LogP contribution in [0.4, 0.5) is 5.69 Å². The molecular weight excluding hydrogens is 406 g/mol. The van der Waals surface area contributed by atoms with Gasteiger partial charge in [-0.15, -0.1) is 11.8 Å². The lowest BCUT2D eigenvalue weighted by atomic mass is 10.2. The quantitative estimate of drug-likeness (QED) is 0.312. The van der Waals surface area contributed by atoms with Crippen LogP contribution in [0.25, 0.3) is 0 Å². The molecule has 0 aromatic heterocycles. The normalized spacial score (nSPS) is 10.5. The van der Waals surface area contributed by atoms with Gasteiger partial charge in [0.05, 0.1) is 11.3 Å². The molecule has 0 heterocycles. The van der Waals surface area contributed by atoms with E-state index in [2.05, 4.69) is 29.6 Å². The molecule has 0 aliphatic carbocycles. The highest BCUT2D eigenvalue weighted by molar-refractivity contribution is 7.99. The van der Waals surface area contributed by atoms with Crippen molar-refractivity contribution < 1.29 is 4.79 Å². The fourth-order valence-corrected chi connectivity index (χ4v) is 4.91. The number of carbonyl (C=O) groups is 1. The number of amides is 1. The molecule has 0 radical (unpaired) electrons. The molecule has 0 spiro atoms. The van der Waals surface area contributed by atoms with Gasteiger partial charge in [-0.05, 0) is 42.0 Å². The molecule has 0 aliphatic heterocycles. The molecule has 4 aromatic rings. The van der Waals surface area contributed by atoms with Crippen LogP contribution in [0.15, 0.2) is 124 Å². The van der Waals surface area contributed by atoms with E-state index in [0.717, 1.165) is 26.1 Å². The number of para-hydroxylation sites is 1. The summed E-state index contributed by atoms with van der Waals surface area (Å²) in [5.74, 6) is 0.734. The van der Waals surface area contributed by atoms with E-state index in [9.17, 15) is 4.79 Å². The SMILES string of the molecule is O=C(Nc1ccccc1Sc1ccccc1)c1ccccc1SCc1ccccc1. The van der Waals surface area contributed by atoms with Crippen molar-refractivity contribution in [3.8, 4) is 0 Å². The molecule has 2 nitrogen and oxygen atoms in total. The van der Waals surface area contributed by atoms with E-state index in [4.69, 9.17) is 0 Å². The summed E-state index contributed by atoms with van der Waals surface area (Å²) in [7, 11) is 0. The second kappa shape index (κ2) is 10.2. The average Bonchev–Trinajstić information content (AvgIpc) is 2.80. The van der Waals surface area contributed by atoms with Gasteiger partial charge < -0.3 is 5.32 Å². The van der Waals surface area contributed by atoms with Crippen LogP contribution in [0.3, 0.4) is 0 Å². The van der Waals surface area contributed by atoms with Crippen LogP contribution in [0.1, 0.15) is 15.9 Å². The van der Waals surface area contributed by atoms with Gasteiger partial charge in [0.25, 0.3) is 5.91 Å². The van der Waals surface area contributed by atoms with Crippen molar-refractivity contribution in [2.45, 2.75) is 20.4 Å². The number of anilines is 1. The molecule has 4 aromatic carbocycles. The van der Waals surface area contributed by atoms with Gasteiger partial charge in [-0.1, -0.05) is 84.6 Å². The van der Waals surface area contributed by atoms with Crippen molar-refractivity contribution in [3.05, 3.63) is 120 Å². The minimum atomic E-state index is -0.0905. The van der Waals surface area contributed by atoms with Crippen LogP contribution < -0.4 is 5.32 Å². The van der Waals surface area contributed by atoms with E-state index in [1.165, 1.54) is 5.56 Å². The highest BCUT2D eigenvalue weighted by Crippen LogP contribution is 2.34. The van der Waals surface area contributed by atoms with Gasteiger partial charge in [-0.2, -0.15) is 0 Å². The molecule has 0 bridgehead atoms. The summed E-state index contributed by atoms with van der Waals surface area (Å²) in [6.45, 7) is 0. The predicted molar refractivity (Wildman–Crippen MR) is 127 cm³/mol. The Balaban J connectivity index is 1.51. The third-order valence-corrected chi connectivity index (χ3v) is 6.70. The molecule has 0 fully saturated rings. The number of thioether (sulfide) groups is 1. The van der Waals surface area contributed by atoms with Crippen LogP contribution in [0, 0.1) is 0 Å². The van der Waals surface area contributed by atoms with Crippen LogP contribution in [0.5, 0.6) is 0 Å². The molecule has 1 amide bonds. The number of hydrogen-bond donors (Lipinski definition) is 1. The Hall–Kier alpha value is -2.95. The molecule has 4 rings (SSSR count). The molecule has 0 aliphatic rings. The number of benzene rings is 4. The van der Waals surface area contributed by atoms with E-state index in [1.807, 2.05) is 84.9 Å². The monoisotopic (exact) mass is 427 g/mol. The van der Waals surface area contributed by atoms with Gasteiger partial charge in [0.15, 0.2) is 0 Å². The average molecular weight is 428 g/mol. The summed E-state index contributed by atoms with van der Waals surface area (Å²) in [5.41, 5.74) is 2.75. The van der Waals surface area contributed by atoms with Crippen LogP contribution in [0.2, 0.25) is 0 Å². The third kappa shape index (κ3) is 5.35. The lowest BCUT2D eigenvalue weighted by molar-refractivity contribution is 0.102. The van der Waals surface area contributed by atoms with E-state index in [-0.39, 0.29) is 5.91 Å². The molecule has 4 heteroatoms. The summed E-state index contributed by atoms with van der Waals surface area (Å²) in [4.78, 5) is 16.3. The van der Waals surface area contributed by atoms with Crippen molar-refractivity contribution >= 4 is 35.1 Å². The lowest BCUT2D eigenvalue weighted by Crippen LogP contribution is -2.13. The Labute approximate surface area is 185 Å². The zero-order valence-corrected chi connectivity index (χ0v) is 18.0. The largest absolute Gasteiger partial charge is 0.321 e. The second-order valence-corrected chi connectivity index (χ2v) is 8.77. The summed E-state index contributed by atoms with van der Waals surface area (Å²) in [6.07, 6.45) is 0. The van der Waals surface area contributed by atoms with Crippen LogP contribution in [-0.4, -0.2) is 5.91 Å². The zero-order chi connectivity index (χ0) is 20.6. The van der Waals surface area contributed by atoms with Crippen LogP contribution >= 0.6 is 23.5 Å². The Kier molecular flexibility index (Phi) is 6.91. The minimum Gasteiger partial charge on any atom is -0.321 e. The molecule has 0 saturated heterocycles. The van der Waals surface area contributed by atoms with E-state index in [0.29, 0.717) is 5.56 Å². The van der Waals surface area contributed by atoms with E-state index in [1.54, 1.807) is 23.5 Å². The Morgan fingerprint density at radius 2 is 1.27 bits per heavy atom. The van der Waals surface area contributed by atoms with Crippen molar-refractivity contribution in [1.29, 1.82) is 0 Å².